The molecular formula is C17H20ClNO3. The third kappa shape index (κ3) is 2.50. The molecule has 1 N–H and O–H groups in total. The van der Waals surface area contributed by atoms with Crippen LogP contribution in [0.4, 0.5) is 0 Å². The molecule has 0 bridgehead atoms. The number of ether oxygens (including phenoxy) is 2. The first-order valence-electron chi connectivity index (χ1n) is 7.70. The lowest BCUT2D eigenvalue weighted by atomic mass is 9.96. The van der Waals surface area contributed by atoms with Crippen LogP contribution in [0, 0.1) is 0 Å². The Kier molecular flexibility index (Phi) is 4.15. The number of H-pyrrole nitrogens is 1. The number of benzene rings is 1. The molecule has 0 saturated heterocycles. The van der Waals surface area contributed by atoms with Crippen molar-refractivity contribution in [3.63, 3.8) is 0 Å². The molecule has 5 heteroatoms. The molecular weight excluding hydrogens is 302 g/mol. The quantitative estimate of drug-likeness (QED) is 0.854. The Bertz CT molecular complexity index is 709. The van der Waals surface area contributed by atoms with Gasteiger partial charge in [-0.1, -0.05) is 31.0 Å². The second kappa shape index (κ2) is 5.94. The molecule has 3 rings (SSSR count). The van der Waals surface area contributed by atoms with E-state index in [9.17, 15) is 4.79 Å². The van der Waals surface area contributed by atoms with Crippen molar-refractivity contribution in [1.29, 1.82) is 0 Å². The molecule has 0 spiro atoms. The normalized spacial score (nSPS) is 20.9. The lowest BCUT2D eigenvalue weighted by Crippen LogP contribution is -2.39. The second-order valence-corrected chi connectivity index (χ2v) is 6.10. The number of fused-ring (bicyclic) bond motifs is 3. The fourth-order valence-corrected chi connectivity index (χ4v) is 3.49. The van der Waals surface area contributed by atoms with Gasteiger partial charge in [0.1, 0.15) is 0 Å². The summed E-state index contributed by atoms with van der Waals surface area (Å²) < 4.78 is 11.6. The summed E-state index contributed by atoms with van der Waals surface area (Å²) in [5.74, 6) is -1.36. The number of carbonyl (C=O) groups excluding carboxylic acids is 1. The predicted octanol–water partition coefficient (Wildman–Crippen LogP) is 4.30. The van der Waals surface area contributed by atoms with E-state index in [1.54, 1.807) is 0 Å². The number of nitrogens with one attached hydrogen (secondary N) is 1. The molecule has 1 aliphatic heterocycles. The second-order valence-electron chi connectivity index (χ2n) is 5.69. The van der Waals surface area contributed by atoms with Crippen LogP contribution < -0.4 is 0 Å². The average molecular weight is 322 g/mol. The van der Waals surface area contributed by atoms with Crippen LogP contribution in [0.1, 0.15) is 44.4 Å². The fraction of sp³-hybridized carbons (Fsp3) is 0.471. The monoisotopic (exact) mass is 321 g/mol. The van der Waals surface area contributed by atoms with Crippen molar-refractivity contribution in [3.05, 3.63) is 34.5 Å². The van der Waals surface area contributed by atoms with Crippen molar-refractivity contribution < 1.29 is 14.3 Å². The van der Waals surface area contributed by atoms with Crippen LogP contribution in [-0.2, 0) is 26.5 Å². The minimum absolute atomic E-state index is 0.339. The molecule has 2 aromatic rings. The van der Waals surface area contributed by atoms with E-state index in [2.05, 4.69) is 11.9 Å². The predicted molar refractivity (Wildman–Crippen MR) is 85.9 cm³/mol. The van der Waals surface area contributed by atoms with Gasteiger partial charge < -0.3 is 14.5 Å². The zero-order valence-electron chi connectivity index (χ0n) is 12.9. The number of unbranched alkanes of at least 4 members (excludes halogenated alkanes) is 1. The molecule has 0 amide bonds. The molecule has 1 atom stereocenters. The molecule has 0 aliphatic carbocycles. The van der Waals surface area contributed by atoms with Gasteiger partial charge in [0.25, 0.3) is 5.79 Å². The Morgan fingerprint density at radius 3 is 3.05 bits per heavy atom. The Balaban J connectivity index is 2.17. The topological polar surface area (TPSA) is 51.3 Å². The van der Waals surface area contributed by atoms with Gasteiger partial charge >= 0.3 is 5.97 Å². The van der Waals surface area contributed by atoms with Crippen molar-refractivity contribution >= 4 is 28.5 Å². The van der Waals surface area contributed by atoms with E-state index in [-0.39, 0.29) is 5.97 Å². The standard InChI is InChI=1S/C17H20ClNO3/c1-3-4-9-17(22-11(2)20)16-12(8-10-21-17)15-13(18)6-5-7-14(15)19-16/h5-7,19H,3-4,8-10H2,1-2H3. The van der Waals surface area contributed by atoms with E-state index >= 15 is 0 Å². The number of rotatable bonds is 4. The summed E-state index contributed by atoms with van der Waals surface area (Å²) in [7, 11) is 0. The van der Waals surface area contributed by atoms with Gasteiger partial charge in [0.2, 0.25) is 0 Å². The van der Waals surface area contributed by atoms with Crippen molar-refractivity contribution in [2.24, 2.45) is 0 Å². The molecule has 0 radical (unpaired) electrons. The van der Waals surface area contributed by atoms with Gasteiger partial charge in [-0.25, -0.2) is 0 Å². The summed E-state index contributed by atoms with van der Waals surface area (Å²) in [4.78, 5) is 15.0. The summed E-state index contributed by atoms with van der Waals surface area (Å²) in [5, 5.41) is 1.72. The van der Waals surface area contributed by atoms with E-state index in [0.29, 0.717) is 18.1 Å². The van der Waals surface area contributed by atoms with Crippen molar-refractivity contribution in [2.45, 2.75) is 45.3 Å². The lowest BCUT2D eigenvalue weighted by molar-refractivity contribution is -0.248. The molecule has 0 saturated carbocycles. The maximum atomic E-state index is 11.6. The zero-order chi connectivity index (χ0) is 15.7. The number of carbonyl (C=O) groups is 1. The number of aromatic amines is 1. The van der Waals surface area contributed by atoms with Gasteiger partial charge in [-0.15, -0.1) is 0 Å². The molecule has 22 heavy (non-hydrogen) atoms. The highest BCUT2D eigenvalue weighted by molar-refractivity contribution is 6.35. The van der Waals surface area contributed by atoms with E-state index in [4.69, 9.17) is 21.1 Å². The first-order valence-corrected chi connectivity index (χ1v) is 8.08. The van der Waals surface area contributed by atoms with E-state index < -0.39 is 5.79 Å². The Hall–Kier alpha value is -1.52. The number of esters is 1. The number of aromatic nitrogens is 1. The number of hydrogen-bond acceptors (Lipinski definition) is 3. The highest BCUT2D eigenvalue weighted by Gasteiger charge is 2.43. The van der Waals surface area contributed by atoms with Crippen LogP contribution in [-0.4, -0.2) is 17.6 Å². The first kappa shape index (κ1) is 15.4. The number of hydrogen-bond donors (Lipinski definition) is 1. The van der Waals surface area contributed by atoms with Gasteiger partial charge in [0, 0.05) is 24.2 Å². The summed E-state index contributed by atoms with van der Waals surface area (Å²) in [5.41, 5.74) is 2.89. The van der Waals surface area contributed by atoms with E-state index in [1.807, 2.05) is 18.2 Å². The van der Waals surface area contributed by atoms with Gasteiger partial charge in [0.05, 0.1) is 17.3 Å². The Labute approximate surface area is 134 Å². The highest BCUT2D eigenvalue weighted by atomic mass is 35.5. The third-order valence-corrected chi connectivity index (χ3v) is 4.43. The third-order valence-electron chi connectivity index (χ3n) is 4.11. The van der Waals surface area contributed by atoms with Crippen LogP contribution in [0.15, 0.2) is 18.2 Å². The van der Waals surface area contributed by atoms with Gasteiger partial charge in [-0.3, -0.25) is 4.79 Å². The molecule has 0 fully saturated rings. The molecule has 1 unspecified atom stereocenters. The van der Waals surface area contributed by atoms with Crippen molar-refractivity contribution in [1.82, 2.24) is 4.98 Å². The van der Waals surface area contributed by atoms with Crippen LogP contribution in [0.2, 0.25) is 5.02 Å². The minimum atomic E-state index is -1.02. The molecule has 2 heterocycles. The van der Waals surface area contributed by atoms with E-state index in [0.717, 1.165) is 41.4 Å². The van der Waals surface area contributed by atoms with Crippen molar-refractivity contribution in [2.75, 3.05) is 6.61 Å². The van der Waals surface area contributed by atoms with Crippen molar-refractivity contribution in [3.8, 4) is 0 Å². The molecule has 1 aliphatic rings. The van der Waals surface area contributed by atoms with Gasteiger partial charge in [0.15, 0.2) is 0 Å². The van der Waals surface area contributed by atoms with Gasteiger partial charge in [-0.05, 0) is 30.5 Å². The van der Waals surface area contributed by atoms with Crippen LogP contribution in [0.25, 0.3) is 10.9 Å². The largest absolute Gasteiger partial charge is 0.427 e. The van der Waals surface area contributed by atoms with Crippen LogP contribution in [0.3, 0.4) is 0 Å². The van der Waals surface area contributed by atoms with Crippen LogP contribution in [0.5, 0.6) is 0 Å². The number of halogens is 1. The zero-order valence-corrected chi connectivity index (χ0v) is 13.6. The maximum Gasteiger partial charge on any atom is 0.305 e. The summed E-state index contributed by atoms with van der Waals surface area (Å²) in [6, 6.07) is 5.78. The highest BCUT2D eigenvalue weighted by Crippen LogP contribution is 2.42. The summed E-state index contributed by atoms with van der Waals surface area (Å²) in [6.07, 6.45) is 3.31. The average Bonchev–Trinajstić information content (AvgIpc) is 2.86. The first-order chi connectivity index (χ1) is 10.6. The Morgan fingerprint density at radius 1 is 1.50 bits per heavy atom. The Morgan fingerprint density at radius 2 is 2.32 bits per heavy atom. The maximum absolute atomic E-state index is 11.6. The summed E-state index contributed by atoms with van der Waals surface area (Å²) >= 11 is 6.37. The molecule has 1 aromatic carbocycles. The summed E-state index contributed by atoms with van der Waals surface area (Å²) in [6.45, 7) is 4.04. The molecule has 1 aromatic heterocycles. The lowest BCUT2D eigenvalue weighted by Gasteiger charge is -2.36. The fourth-order valence-electron chi connectivity index (χ4n) is 3.21. The molecule has 4 nitrogen and oxygen atoms in total. The van der Waals surface area contributed by atoms with Gasteiger partial charge in [-0.2, -0.15) is 0 Å². The van der Waals surface area contributed by atoms with Crippen LogP contribution >= 0.6 is 11.6 Å². The smallest absolute Gasteiger partial charge is 0.305 e. The minimum Gasteiger partial charge on any atom is -0.427 e. The SMILES string of the molecule is CCCCC1(OC(C)=O)OCCc2c1[nH]c1cccc(Cl)c21. The molecule has 118 valence electrons. The van der Waals surface area contributed by atoms with E-state index in [1.165, 1.54) is 6.92 Å².